The molecule has 1 aliphatic rings. The molecular formula is C19H20N2O2S. The first kappa shape index (κ1) is 16.6. The van der Waals surface area contributed by atoms with Gasteiger partial charge in [-0.15, -0.1) is 11.3 Å². The smallest absolute Gasteiger partial charge is 0.261 e. The van der Waals surface area contributed by atoms with Crippen LogP contribution >= 0.6 is 11.3 Å². The highest BCUT2D eigenvalue weighted by Gasteiger charge is 2.23. The van der Waals surface area contributed by atoms with E-state index >= 15 is 0 Å². The van der Waals surface area contributed by atoms with Gasteiger partial charge in [0, 0.05) is 25.7 Å². The van der Waals surface area contributed by atoms with Crippen molar-refractivity contribution >= 4 is 22.2 Å². The van der Waals surface area contributed by atoms with E-state index in [0.717, 1.165) is 39.7 Å². The summed E-state index contributed by atoms with van der Waals surface area (Å²) in [4.78, 5) is 15.2. The summed E-state index contributed by atoms with van der Waals surface area (Å²) in [5.74, 6) is 6.46. The molecule has 1 aliphatic heterocycles. The zero-order valence-corrected chi connectivity index (χ0v) is 14.7. The number of amides is 1. The highest BCUT2D eigenvalue weighted by Crippen LogP contribution is 2.35. The Bertz CT molecular complexity index is 781. The Morgan fingerprint density at radius 2 is 1.92 bits per heavy atom. The summed E-state index contributed by atoms with van der Waals surface area (Å²) < 4.78 is 5.44. The Kier molecular flexibility index (Phi) is 5.19. The number of benzene rings is 1. The number of hydrogen-bond donors (Lipinski definition) is 1. The van der Waals surface area contributed by atoms with Gasteiger partial charge in [-0.3, -0.25) is 4.79 Å². The molecule has 0 spiro atoms. The Morgan fingerprint density at radius 1 is 1.21 bits per heavy atom. The molecule has 0 saturated carbocycles. The molecule has 2 heterocycles. The van der Waals surface area contributed by atoms with Gasteiger partial charge in [0.25, 0.3) is 5.91 Å². The van der Waals surface area contributed by atoms with Gasteiger partial charge in [-0.25, -0.2) is 0 Å². The van der Waals surface area contributed by atoms with Crippen molar-refractivity contribution in [1.29, 1.82) is 0 Å². The van der Waals surface area contributed by atoms with Gasteiger partial charge in [-0.05, 0) is 24.6 Å². The van der Waals surface area contributed by atoms with Crippen LogP contribution in [0.1, 0.15) is 26.4 Å². The fraction of sp³-hybridized carbons (Fsp3) is 0.316. The molecule has 1 fully saturated rings. The quantitative estimate of drug-likeness (QED) is 0.855. The number of nitrogens with zero attached hydrogens (tertiary/aromatic N) is 1. The molecule has 1 saturated heterocycles. The van der Waals surface area contributed by atoms with E-state index in [4.69, 9.17) is 4.74 Å². The fourth-order valence-electron chi connectivity index (χ4n) is 2.62. The minimum absolute atomic E-state index is 0.0558. The Hall–Kier alpha value is -2.29. The van der Waals surface area contributed by atoms with Crippen LogP contribution in [0.4, 0.5) is 5.00 Å². The minimum atomic E-state index is -0.0558. The summed E-state index contributed by atoms with van der Waals surface area (Å²) in [5, 5.41) is 3.79. The van der Waals surface area contributed by atoms with Gasteiger partial charge < -0.3 is 15.0 Å². The highest BCUT2D eigenvalue weighted by atomic mass is 32.1. The number of hydrogen-bond acceptors (Lipinski definition) is 4. The highest BCUT2D eigenvalue weighted by molar-refractivity contribution is 7.18. The molecule has 1 N–H and O–H groups in total. The Balaban J connectivity index is 2.03. The number of anilines is 1. The summed E-state index contributed by atoms with van der Waals surface area (Å²) in [5.41, 5.74) is 2.87. The van der Waals surface area contributed by atoms with Gasteiger partial charge in [0.1, 0.15) is 5.00 Å². The third kappa shape index (κ3) is 3.45. The maximum Gasteiger partial charge on any atom is 0.261 e. The third-order valence-corrected chi connectivity index (χ3v) is 5.32. The molecular weight excluding hydrogens is 320 g/mol. The lowest BCUT2D eigenvalue weighted by atomic mass is 10.1. The first-order valence-electron chi connectivity index (χ1n) is 7.96. The van der Waals surface area contributed by atoms with Crippen molar-refractivity contribution < 1.29 is 9.53 Å². The van der Waals surface area contributed by atoms with Gasteiger partial charge in [-0.1, -0.05) is 30.0 Å². The molecule has 0 bridgehead atoms. The van der Waals surface area contributed by atoms with Crippen molar-refractivity contribution in [1.82, 2.24) is 5.32 Å². The van der Waals surface area contributed by atoms with E-state index in [2.05, 4.69) is 22.1 Å². The third-order valence-electron chi connectivity index (χ3n) is 3.97. The van der Waals surface area contributed by atoms with E-state index < -0.39 is 0 Å². The number of nitrogens with one attached hydrogen (secondary N) is 1. The number of morpholine rings is 1. The standard InChI is InChI=1S/C19H20N2O2S/c1-14-16(9-8-15-6-4-3-5-7-15)19(21-10-12-23-13-11-21)24-17(14)18(22)20-2/h3-7H,10-13H2,1-2H3,(H,20,22). The Morgan fingerprint density at radius 3 is 2.58 bits per heavy atom. The number of thiophene rings is 1. The maximum atomic E-state index is 12.2. The van der Waals surface area contributed by atoms with Crippen LogP contribution in [0.15, 0.2) is 30.3 Å². The van der Waals surface area contributed by atoms with Gasteiger partial charge in [0.15, 0.2) is 0 Å². The van der Waals surface area contributed by atoms with Crippen molar-refractivity contribution in [2.45, 2.75) is 6.92 Å². The minimum Gasteiger partial charge on any atom is -0.378 e. The van der Waals surface area contributed by atoms with E-state index in [1.165, 1.54) is 11.3 Å². The van der Waals surface area contributed by atoms with E-state index in [1.807, 2.05) is 37.3 Å². The predicted molar refractivity (Wildman–Crippen MR) is 97.9 cm³/mol. The molecule has 0 radical (unpaired) electrons. The van der Waals surface area contributed by atoms with Gasteiger partial charge in [-0.2, -0.15) is 0 Å². The average molecular weight is 340 g/mol. The second kappa shape index (κ2) is 7.52. The molecule has 124 valence electrons. The summed E-state index contributed by atoms with van der Waals surface area (Å²) in [6.45, 7) is 5.04. The fourth-order valence-corrected chi connectivity index (χ4v) is 3.88. The molecule has 3 rings (SSSR count). The van der Waals surface area contributed by atoms with Crippen LogP contribution in [0, 0.1) is 18.8 Å². The van der Waals surface area contributed by atoms with E-state index in [0.29, 0.717) is 13.2 Å². The molecule has 24 heavy (non-hydrogen) atoms. The van der Waals surface area contributed by atoms with Gasteiger partial charge >= 0.3 is 0 Å². The van der Waals surface area contributed by atoms with Crippen LogP contribution in [-0.4, -0.2) is 39.3 Å². The topological polar surface area (TPSA) is 41.6 Å². The summed E-state index contributed by atoms with van der Waals surface area (Å²) in [7, 11) is 1.66. The van der Waals surface area contributed by atoms with Crippen LogP contribution in [-0.2, 0) is 4.74 Å². The number of ether oxygens (including phenoxy) is 1. The SMILES string of the molecule is CNC(=O)c1sc(N2CCOCC2)c(C#Cc2ccccc2)c1C. The zero-order valence-electron chi connectivity index (χ0n) is 13.9. The van der Waals surface area contributed by atoms with Crippen molar-refractivity contribution in [2.24, 2.45) is 0 Å². The lowest BCUT2D eigenvalue weighted by Gasteiger charge is -2.27. The molecule has 1 aromatic heterocycles. The molecule has 0 unspecified atom stereocenters. The second-order valence-corrected chi connectivity index (χ2v) is 6.53. The van der Waals surface area contributed by atoms with Gasteiger partial charge in [0.05, 0.1) is 23.7 Å². The van der Waals surface area contributed by atoms with Gasteiger partial charge in [0.2, 0.25) is 0 Å². The molecule has 1 aromatic carbocycles. The molecule has 1 amide bonds. The van der Waals surface area contributed by atoms with E-state index in [1.54, 1.807) is 7.05 Å². The molecule has 2 aromatic rings. The van der Waals surface area contributed by atoms with Crippen LogP contribution in [0.2, 0.25) is 0 Å². The molecule has 4 nitrogen and oxygen atoms in total. The number of rotatable bonds is 2. The Labute approximate surface area is 146 Å². The molecule has 5 heteroatoms. The first-order valence-corrected chi connectivity index (χ1v) is 8.77. The van der Waals surface area contributed by atoms with Crippen LogP contribution < -0.4 is 10.2 Å². The average Bonchev–Trinajstić information content (AvgIpc) is 2.97. The zero-order chi connectivity index (χ0) is 16.9. The van der Waals surface area contributed by atoms with Crippen molar-refractivity contribution in [2.75, 3.05) is 38.3 Å². The number of carbonyl (C=O) groups excluding carboxylic acids is 1. The normalized spacial score (nSPS) is 14.0. The largest absolute Gasteiger partial charge is 0.378 e. The van der Waals surface area contributed by atoms with E-state index in [9.17, 15) is 4.79 Å². The van der Waals surface area contributed by atoms with E-state index in [-0.39, 0.29) is 5.91 Å². The van der Waals surface area contributed by atoms with Crippen LogP contribution in [0.3, 0.4) is 0 Å². The summed E-state index contributed by atoms with van der Waals surface area (Å²) >= 11 is 1.52. The lowest BCUT2D eigenvalue weighted by Crippen LogP contribution is -2.36. The summed E-state index contributed by atoms with van der Waals surface area (Å²) in [6.07, 6.45) is 0. The molecule has 0 aliphatic carbocycles. The van der Waals surface area contributed by atoms with Crippen LogP contribution in [0.25, 0.3) is 0 Å². The first-order chi connectivity index (χ1) is 11.7. The van der Waals surface area contributed by atoms with Crippen LogP contribution in [0.5, 0.6) is 0 Å². The molecule has 0 atom stereocenters. The second-order valence-electron chi connectivity index (χ2n) is 5.53. The van der Waals surface area contributed by atoms with Crippen molar-refractivity contribution in [3.63, 3.8) is 0 Å². The monoisotopic (exact) mass is 340 g/mol. The lowest BCUT2D eigenvalue weighted by molar-refractivity contribution is 0.0966. The maximum absolute atomic E-state index is 12.2. The van der Waals surface area contributed by atoms with Crippen molar-refractivity contribution in [3.8, 4) is 11.8 Å². The van der Waals surface area contributed by atoms with Crippen molar-refractivity contribution in [3.05, 3.63) is 51.9 Å². The predicted octanol–water partition coefficient (Wildman–Crippen LogP) is 2.65. The number of carbonyl (C=O) groups is 1. The summed E-state index contributed by atoms with van der Waals surface area (Å²) in [6, 6.07) is 9.90.